The molecule has 2 aromatic rings. The molecule has 1 aromatic heterocycles. The molecule has 1 amide bonds. The zero-order valence-electron chi connectivity index (χ0n) is 10.9. The second kappa shape index (κ2) is 5.13. The Kier molecular flexibility index (Phi) is 3.34. The van der Waals surface area contributed by atoms with Crippen LogP contribution in [0.4, 0.5) is 5.69 Å². The van der Waals surface area contributed by atoms with Gasteiger partial charge in [0.05, 0.1) is 11.2 Å². The van der Waals surface area contributed by atoms with E-state index in [0.717, 1.165) is 42.1 Å². The Morgan fingerprint density at radius 3 is 2.95 bits per heavy atom. The summed E-state index contributed by atoms with van der Waals surface area (Å²) in [5.74, 6) is 0.0920. The third-order valence-corrected chi connectivity index (χ3v) is 4.46. The van der Waals surface area contributed by atoms with Crippen molar-refractivity contribution in [2.45, 2.75) is 26.2 Å². The molecular weight excluding hydrogens is 256 g/mol. The number of thiazole rings is 1. The van der Waals surface area contributed by atoms with Gasteiger partial charge in [-0.2, -0.15) is 0 Å². The molecule has 0 fully saturated rings. The molecule has 0 bridgehead atoms. The second-order valence-corrected chi connectivity index (χ2v) is 5.66. The summed E-state index contributed by atoms with van der Waals surface area (Å²) < 4.78 is 0. The number of aryl methyl sites for hydroxylation is 2. The molecule has 1 aliphatic rings. The number of fused-ring (bicyclic) bond motifs is 1. The lowest BCUT2D eigenvalue weighted by atomic mass is 10.1. The highest BCUT2D eigenvalue weighted by atomic mass is 32.1. The van der Waals surface area contributed by atoms with Crippen molar-refractivity contribution < 1.29 is 4.79 Å². The first-order valence-corrected chi connectivity index (χ1v) is 7.45. The molecule has 0 saturated heterocycles. The maximum atomic E-state index is 12.7. The van der Waals surface area contributed by atoms with Crippen molar-refractivity contribution in [2.75, 3.05) is 11.4 Å². The normalized spacial score (nSPS) is 14.9. The van der Waals surface area contributed by atoms with Crippen LogP contribution in [-0.2, 0) is 6.42 Å². The minimum Gasteiger partial charge on any atom is -0.307 e. The van der Waals surface area contributed by atoms with Gasteiger partial charge in [0.2, 0.25) is 0 Å². The molecule has 4 heteroatoms. The van der Waals surface area contributed by atoms with E-state index in [4.69, 9.17) is 0 Å². The quantitative estimate of drug-likeness (QED) is 0.796. The molecule has 0 spiro atoms. The van der Waals surface area contributed by atoms with Gasteiger partial charge >= 0.3 is 0 Å². The summed E-state index contributed by atoms with van der Waals surface area (Å²) in [6.07, 6.45) is 3.25. The summed E-state index contributed by atoms with van der Waals surface area (Å²) in [4.78, 5) is 19.6. The van der Waals surface area contributed by atoms with Gasteiger partial charge in [-0.25, -0.2) is 4.98 Å². The molecule has 0 radical (unpaired) electrons. The first kappa shape index (κ1) is 12.4. The van der Waals surface area contributed by atoms with Crippen LogP contribution < -0.4 is 4.90 Å². The minimum atomic E-state index is 0.0920. The number of nitrogens with zero attached hydrogens (tertiary/aromatic N) is 2. The van der Waals surface area contributed by atoms with Gasteiger partial charge in [-0.3, -0.25) is 4.79 Å². The highest BCUT2D eigenvalue weighted by Gasteiger charge is 2.24. The van der Waals surface area contributed by atoms with E-state index >= 15 is 0 Å². The number of hydrogen-bond donors (Lipinski definition) is 0. The smallest absolute Gasteiger partial charge is 0.270 e. The van der Waals surface area contributed by atoms with Gasteiger partial charge < -0.3 is 4.90 Å². The molecule has 0 atom stereocenters. The van der Waals surface area contributed by atoms with Gasteiger partial charge in [-0.05, 0) is 37.8 Å². The van der Waals surface area contributed by atoms with Crippen molar-refractivity contribution in [3.8, 4) is 0 Å². The summed E-state index contributed by atoms with van der Waals surface area (Å²) in [5, 5.41) is 0. The Morgan fingerprint density at radius 1 is 1.32 bits per heavy atom. The Morgan fingerprint density at radius 2 is 2.16 bits per heavy atom. The molecule has 1 aromatic carbocycles. The molecule has 19 heavy (non-hydrogen) atoms. The van der Waals surface area contributed by atoms with Gasteiger partial charge in [0.25, 0.3) is 5.91 Å². The Bertz CT molecular complexity index is 606. The Balaban J connectivity index is 2.01. The fraction of sp³-hybridized carbons (Fsp3) is 0.333. The van der Waals surface area contributed by atoms with Crippen LogP contribution >= 0.6 is 11.3 Å². The van der Waals surface area contributed by atoms with Crippen LogP contribution in [0, 0.1) is 6.92 Å². The van der Waals surface area contributed by atoms with Crippen molar-refractivity contribution in [3.05, 3.63) is 45.9 Å². The predicted octanol–water partition coefficient (Wildman–Crippen LogP) is 3.43. The Hall–Kier alpha value is -1.68. The van der Waals surface area contributed by atoms with E-state index in [1.165, 1.54) is 16.9 Å². The van der Waals surface area contributed by atoms with Crippen molar-refractivity contribution in [1.82, 2.24) is 4.98 Å². The van der Waals surface area contributed by atoms with E-state index in [9.17, 15) is 4.79 Å². The molecule has 0 N–H and O–H groups in total. The van der Waals surface area contributed by atoms with Crippen molar-refractivity contribution in [3.63, 3.8) is 0 Å². The molecule has 1 aliphatic heterocycles. The number of para-hydroxylation sites is 1. The average molecular weight is 272 g/mol. The molecule has 3 nitrogen and oxygen atoms in total. The molecule has 0 unspecified atom stereocenters. The highest BCUT2D eigenvalue weighted by Crippen LogP contribution is 2.28. The van der Waals surface area contributed by atoms with Gasteiger partial charge in [0, 0.05) is 12.2 Å². The molecular formula is C15H16N2OS. The number of benzene rings is 1. The van der Waals surface area contributed by atoms with Crippen molar-refractivity contribution >= 4 is 22.9 Å². The standard InChI is InChI=1S/C15H16N2OS/c1-11-14(19-10-16-11)15(18)17-9-5-4-7-12-6-2-3-8-13(12)17/h2-3,6,8,10H,4-5,7,9H2,1H3. The van der Waals surface area contributed by atoms with Crippen LogP contribution in [0.1, 0.15) is 33.8 Å². The molecule has 98 valence electrons. The van der Waals surface area contributed by atoms with Crippen molar-refractivity contribution in [2.24, 2.45) is 0 Å². The first-order chi connectivity index (χ1) is 9.27. The monoisotopic (exact) mass is 272 g/mol. The Labute approximate surface area is 116 Å². The van der Waals surface area contributed by atoms with E-state index in [-0.39, 0.29) is 5.91 Å². The largest absolute Gasteiger partial charge is 0.307 e. The number of aromatic nitrogens is 1. The fourth-order valence-electron chi connectivity index (χ4n) is 2.53. The van der Waals surface area contributed by atoms with Crippen molar-refractivity contribution in [1.29, 1.82) is 0 Å². The zero-order chi connectivity index (χ0) is 13.2. The number of rotatable bonds is 1. The average Bonchev–Trinajstić information content (AvgIpc) is 2.74. The van der Waals surface area contributed by atoms with Gasteiger partial charge in [0.15, 0.2) is 0 Å². The van der Waals surface area contributed by atoms with Crippen LogP contribution in [0.15, 0.2) is 29.8 Å². The molecule has 3 rings (SSSR count). The van der Waals surface area contributed by atoms with E-state index < -0.39 is 0 Å². The lowest BCUT2D eigenvalue weighted by Gasteiger charge is -2.22. The first-order valence-electron chi connectivity index (χ1n) is 6.57. The summed E-state index contributed by atoms with van der Waals surface area (Å²) in [6.45, 7) is 2.70. The van der Waals surface area contributed by atoms with Gasteiger partial charge in [-0.15, -0.1) is 11.3 Å². The number of amides is 1. The van der Waals surface area contributed by atoms with E-state index in [1.54, 1.807) is 5.51 Å². The number of hydrogen-bond acceptors (Lipinski definition) is 3. The minimum absolute atomic E-state index is 0.0920. The predicted molar refractivity (Wildman–Crippen MR) is 77.9 cm³/mol. The van der Waals surface area contributed by atoms with Gasteiger partial charge in [-0.1, -0.05) is 18.2 Å². The summed E-state index contributed by atoms with van der Waals surface area (Å²) in [7, 11) is 0. The third-order valence-electron chi connectivity index (χ3n) is 3.55. The molecule has 2 heterocycles. The topological polar surface area (TPSA) is 33.2 Å². The van der Waals surface area contributed by atoms with Crippen LogP contribution in [-0.4, -0.2) is 17.4 Å². The number of carbonyl (C=O) groups excluding carboxylic acids is 1. The fourth-order valence-corrected chi connectivity index (χ4v) is 3.28. The van der Waals surface area contributed by atoms with Crippen LogP contribution in [0.3, 0.4) is 0 Å². The van der Waals surface area contributed by atoms with E-state index in [1.807, 2.05) is 24.0 Å². The SMILES string of the molecule is Cc1ncsc1C(=O)N1CCCCc2ccccc21. The molecule has 0 saturated carbocycles. The molecule has 0 aliphatic carbocycles. The summed E-state index contributed by atoms with van der Waals surface area (Å²) >= 11 is 1.43. The lowest BCUT2D eigenvalue weighted by molar-refractivity contribution is 0.0990. The zero-order valence-corrected chi connectivity index (χ0v) is 11.7. The van der Waals surface area contributed by atoms with E-state index in [0.29, 0.717) is 0 Å². The van der Waals surface area contributed by atoms with Crippen LogP contribution in [0.5, 0.6) is 0 Å². The highest BCUT2D eigenvalue weighted by molar-refractivity contribution is 7.12. The number of anilines is 1. The van der Waals surface area contributed by atoms with Gasteiger partial charge in [0.1, 0.15) is 4.88 Å². The maximum absolute atomic E-state index is 12.7. The van der Waals surface area contributed by atoms with E-state index in [2.05, 4.69) is 17.1 Å². The lowest BCUT2D eigenvalue weighted by Crippen LogP contribution is -2.31. The summed E-state index contributed by atoms with van der Waals surface area (Å²) in [6, 6.07) is 8.23. The third kappa shape index (κ3) is 2.28. The second-order valence-electron chi connectivity index (χ2n) is 4.81. The van der Waals surface area contributed by atoms with Crippen LogP contribution in [0.25, 0.3) is 0 Å². The number of carbonyl (C=O) groups is 1. The summed E-state index contributed by atoms with van der Waals surface area (Å²) in [5.41, 5.74) is 4.91. The maximum Gasteiger partial charge on any atom is 0.270 e. The van der Waals surface area contributed by atoms with Crippen LogP contribution in [0.2, 0.25) is 0 Å².